The summed E-state index contributed by atoms with van der Waals surface area (Å²) in [6.07, 6.45) is 1.64. The van der Waals surface area contributed by atoms with Crippen molar-refractivity contribution in [1.29, 1.82) is 0 Å². The molecule has 0 unspecified atom stereocenters. The van der Waals surface area contributed by atoms with E-state index in [0.717, 1.165) is 31.4 Å². The Morgan fingerprint density at radius 1 is 1.75 bits per heavy atom. The van der Waals surface area contributed by atoms with Crippen LogP contribution in [0.1, 0.15) is 6.42 Å². The van der Waals surface area contributed by atoms with Crippen LogP contribution in [0.3, 0.4) is 0 Å². The first-order valence-electron chi connectivity index (χ1n) is 2.79. The molecule has 1 heterocycles. The van der Waals surface area contributed by atoms with Crippen LogP contribution in [-0.2, 0) is 0 Å². The number of hydrogen-bond acceptors (Lipinski definition) is 1. The van der Waals surface area contributed by atoms with Gasteiger partial charge in [0, 0.05) is 13.1 Å². The van der Waals surface area contributed by atoms with Gasteiger partial charge in [-0.15, -0.1) is 0 Å². The zero-order valence-corrected chi connectivity index (χ0v) is 5.02. The maximum Gasteiger partial charge on any atom is 0.0872 e. The fraction of sp³-hybridized carbons (Fsp3) is 0.667. The SMILES string of the molecule is CN1CC/C(=C\F)C1. The summed E-state index contributed by atoms with van der Waals surface area (Å²) in [6, 6.07) is 0. The topological polar surface area (TPSA) is 3.24 Å². The maximum atomic E-state index is 11.7. The van der Waals surface area contributed by atoms with Gasteiger partial charge in [-0.05, 0) is 19.0 Å². The molecule has 1 aliphatic heterocycles. The second kappa shape index (κ2) is 2.27. The Labute approximate surface area is 48.8 Å². The third kappa shape index (κ3) is 1.07. The monoisotopic (exact) mass is 115 g/mol. The van der Waals surface area contributed by atoms with Crippen molar-refractivity contribution in [2.45, 2.75) is 6.42 Å². The summed E-state index contributed by atoms with van der Waals surface area (Å²) in [6.45, 7) is 1.83. The molecule has 0 aromatic carbocycles. The number of halogens is 1. The lowest BCUT2D eigenvalue weighted by molar-refractivity contribution is 0.424. The molecular formula is C6H10FN. The molecule has 46 valence electrons. The van der Waals surface area contributed by atoms with E-state index in [-0.39, 0.29) is 0 Å². The molecule has 1 saturated heterocycles. The fourth-order valence-electron chi connectivity index (χ4n) is 0.928. The highest BCUT2D eigenvalue weighted by Gasteiger charge is 2.10. The summed E-state index contributed by atoms with van der Waals surface area (Å²) in [5.74, 6) is 0. The van der Waals surface area contributed by atoms with Gasteiger partial charge in [-0.3, -0.25) is 0 Å². The Morgan fingerprint density at radius 2 is 2.50 bits per heavy atom. The van der Waals surface area contributed by atoms with Gasteiger partial charge in [0.2, 0.25) is 0 Å². The van der Waals surface area contributed by atoms with Crippen LogP contribution in [0.25, 0.3) is 0 Å². The lowest BCUT2D eigenvalue weighted by Crippen LogP contribution is -2.11. The summed E-state index contributed by atoms with van der Waals surface area (Å²) in [7, 11) is 2.00. The van der Waals surface area contributed by atoms with Crippen LogP contribution in [0.5, 0.6) is 0 Å². The molecule has 8 heavy (non-hydrogen) atoms. The van der Waals surface area contributed by atoms with Gasteiger partial charge in [0.05, 0.1) is 6.33 Å². The van der Waals surface area contributed by atoms with E-state index in [1.54, 1.807) is 0 Å². The van der Waals surface area contributed by atoms with E-state index in [1.165, 1.54) is 0 Å². The normalized spacial score (nSPS) is 27.5. The predicted molar refractivity (Wildman–Crippen MR) is 31.3 cm³/mol. The molecule has 0 saturated carbocycles. The molecule has 0 atom stereocenters. The summed E-state index contributed by atoms with van der Waals surface area (Å²) < 4.78 is 11.7. The first kappa shape index (κ1) is 5.76. The fourth-order valence-corrected chi connectivity index (χ4v) is 0.928. The Morgan fingerprint density at radius 3 is 2.75 bits per heavy atom. The van der Waals surface area contributed by atoms with E-state index in [2.05, 4.69) is 4.90 Å². The van der Waals surface area contributed by atoms with Crippen LogP contribution >= 0.6 is 0 Å². The van der Waals surface area contributed by atoms with Crippen LogP contribution in [0.2, 0.25) is 0 Å². The minimum atomic E-state index is 0.726. The van der Waals surface area contributed by atoms with Gasteiger partial charge in [-0.1, -0.05) is 0 Å². The van der Waals surface area contributed by atoms with E-state index in [0.29, 0.717) is 0 Å². The summed E-state index contributed by atoms with van der Waals surface area (Å²) in [4.78, 5) is 2.10. The predicted octanol–water partition coefficient (Wildman–Crippen LogP) is 1.18. The van der Waals surface area contributed by atoms with E-state index in [1.807, 2.05) is 7.05 Å². The highest BCUT2D eigenvalue weighted by atomic mass is 19.1. The van der Waals surface area contributed by atoms with Gasteiger partial charge in [-0.2, -0.15) is 0 Å². The van der Waals surface area contributed by atoms with Crippen molar-refractivity contribution in [3.63, 3.8) is 0 Å². The summed E-state index contributed by atoms with van der Waals surface area (Å²) in [5.41, 5.74) is 0.924. The smallest absolute Gasteiger partial charge is 0.0872 e. The maximum absolute atomic E-state index is 11.7. The number of hydrogen-bond donors (Lipinski definition) is 0. The van der Waals surface area contributed by atoms with E-state index in [9.17, 15) is 4.39 Å². The minimum absolute atomic E-state index is 0.726. The van der Waals surface area contributed by atoms with Crippen molar-refractivity contribution in [3.05, 3.63) is 11.9 Å². The summed E-state index contributed by atoms with van der Waals surface area (Å²) in [5, 5.41) is 0. The first-order chi connectivity index (χ1) is 3.83. The molecule has 1 nitrogen and oxygen atoms in total. The lowest BCUT2D eigenvalue weighted by atomic mass is 10.3. The quantitative estimate of drug-likeness (QED) is 0.458. The lowest BCUT2D eigenvalue weighted by Gasteiger charge is -2.01. The van der Waals surface area contributed by atoms with Gasteiger partial charge in [0.15, 0.2) is 0 Å². The van der Waals surface area contributed by atoms with Crippen molar-refractivity contribution in [3.8, 4) is 0 Å². The molecule has 0 radical (unpaired) electrons. The molecular weight excluding hydrogens is 105 g/mol. The van der Waals surface area contributed by atoms with Gasteiger partial charge >= 0.3 is 0 Å². The Balaban J connectivity index is 2.44. The molecule has 0 aromatic heterocycles. The van der Waals surface area contributed by atoms with Crippen molar-refractivity contribution < 1.29 is 4.39 Å². The average Bonchev–Trinajstić information content (AvgIpc) is 2.14. The summed E-state index contributed by atoms with van der Waals surface area (Å²) >= 11 is 0. The van der Waals surface area contributed by atoms with Crippen molar-refractivity contribution >= 4 is 0 Å². The van der Waals surface area contributed by atoms with E-state index >= 15 is 0 Å². The average molecular weight is 115 g/mol. The first-order valence-corrected chi connectivity index (χ1v) is 2.79. The van der Waals surface area contributed by atoms with Crippen LogP contribution in [0, 0.1) is 0 Å². The molecule has 1 rings (SSSR count). The Bertz CT molecular complexity index is 109. The molecule has 0 bridgehead atoms. The highest BCUT2D eigenvalue weighted by Crippen LogP contribution is 2.11. The molecule has 0 N–H and O–H groups in total. The number of likely N-dealkylation sites (N-methyl/N-ethyl adjacent to an activating group) is 1. The minimum Gasteiger partial charge on any atom is -0.302 e. The number of rotatable bonds is 0. The van der Waals surface area contributed by atoms with Crippen LogP contribution in [-0.4, -0.2) is 25.0 Å². The number of nitrogens with zero attached hydrogens (tertiary/aromatic N) is 1. The Hall–Kier alpha value is -0.370. The molecule has 0 amide bonds. The second-order valence-electron chi connectivity index (χ2n) is 2.26. The molecule has 0 aromatic rings. The van der Waals surface area contributed by atoms with Crippen molar-refractivity contribution in [2.75, 3.05) is 20.1 Å². The van der Waals surface area contributed by atoms with Crippen LogP contribution < -0.4 is 0 Å². The van der Waals surface area contributed by atoms with E-state index < -0.39 is 0 Å². The second-order valence-corrected chi connectivity index (χ2v) is 2.26. The molecule has 1 fully saturated rings. The third-order valence-electron chi connectivity index (χ3n) is 1.44. The zero-order chi connectivity index (χ0) is 5.98. The zero-order valence-electron chi connectivity index (χ0n) is 5.02. The van der Waals surface area contributed by atoms with Crippen LogP contribution in [0.4, 0.5) is 4.39 Å². The molecule has 2 heteroatoms. The number of likely N-dealkylation sites (tertiary alicyclic amines) is 1. The van der Waals surface area contributed by atoms with Gasteiger partial charge in [0.25, 0.3) is 0 Å². The van der Waals surface area contributed by atoms with Gasteiger partial charge in [0.1, 0.15) is 0 Å². The third-order valence-corrected chi connectivity index (χ3v) is 1.44. The highest BCUT2D eigenvalue weighted by molar-refractivity contribution is 5.05. The Kier molecular flexibility index (Phi) is 1.63. The largest absolute Gasteiger partial charge is 0.302 e. The molecule has 0 spiro atoms. The van der Waals surface area contributed by atoms with Gasteiger partial charge in [-0.25, -0.2) is 4.39 Å². The van der Waals surface area contributed by atoms with Crippen molar-refractivity contribution in [2.24, 2.45) is 0 Å². The van der Waals surface area contributed by atoms with Gasteiger partial charge < -0.3 is 4.90 Å². The molecule has 0 aliphatic carbocycles. The molecule has 1 aliphatic rings. The van der Waals surface area contributed by atoms with Crippen LogP contribution in [0.15, 0.2) is 11.9 Å². The van der Waals surface area contributed by atoms with E-state index in [4.69, 9.17) is 0 Å². The standard InChI is InChI=1S/C6H10FN/c1-8-3-2-6(4-7)5-8/h4H,2-3,5H2,1H3/b6-4+. The van der Waals surface area contributed by atoms with Crippen molar-refractivity contribution in [1.82, 2.24) is 4.90 Å².